The smallest absolute Gasteiger partial charge is 0.0703 e. The van der Waals surface area contributed by atoms with Crippen molar-refractivity contribution in [3.63, 3.8) is 0 Å². The summed E-state index contributed by atoms with van der Waals surface area (Å²) in [6, 6.07) is 19.0. The number of hydrogen-bond acceptors (Lipinski definition) is 2. The number of fused-ring (bicyclic) bond motifs is 2. The Hall–Kier alpha value is -2.01. The maximum absolute atomic E-state index is 4.45. The normalized spacial score (nSPS) is 11.1. The molecule has 0 radical (unpaired) electrons. The highest BCUT2D eigenvalue weighted by Gasteiger charge is 2.03. The first-order chi connectivity index (χ1) is 10.3. The van der Waals surface area contributed by atoms with Crippen molar-refractivity contribution in [1.29, 1.82) is 0 Å². The van der Waals surface area contributed by atoms with Crippen LogP contribution < -0.4 is 0 Å². The maximum atomic E-state index is 4.45. The Morgan fingerprint density at radius 2 is 1.43 bits per heavy atom. The van der Waals surface area contributed by atoms with Crippen LogP contribution in [-0.2, 0) is 0 Å². The van der Waals surface area contributed by atoms with Crippen LogP contribution in [0.4, 0.5) is 0 Å². The predicted molar refractivity (Wildman–Crippen MR) is 95.2 cm³/mol. The van der Waals surface area contributed by atoms with Gasteiger partial charge in [-0.3, -0.25) is 9.97 Å². The lowest BCUT2D eigenvalue weighted by Crippen LogP contribution is -1.84. The van der Waals surface area contributed by atoms with Gasteiger partial charge in [-0.05, 0) is 70.1 Å². The molecular weight excluding hydrogens is 371 g/mol. The molecule has 21 heavy (non-hydrogen) atoms. The quantitative estimate of drug-likeness (QED) is 0.431. The van der Waals surface area contributed by atoms with Gasteiger partial charge in [-0.1, -0.05) is 18.2 Å². The molecule has 0 aliphatic carbocycles. The van der Waals surface area contributed by atoms with Crippen LogP contribution in [0.2, 0.25) is 0 Å². The van der Waals surface area contributed by atoms with Gasteiger partial charge in [-0.25, -0.2) is 0 Å². The van der Waals surface area contributed by atoms with E-state index in [4.69, 9.17) is 0 Å². The molecule has 0 aliphatic heterocycles. The SMILES string of the molecule is Ic1cnc2ccc(-c3ccc4ncccc4c3)cc2c1. The maximum Gasteiger partial charge on any atom is 0.0703 e. The molecule has 4 aromatic rings. The van der Waals surface area contributed by atoms with Crippen LogP contribution in [0.1, 0.15) is 0 Å². The first-order valence-corrected chi connectivity index (χ1v) is 7.78. The number of hydrogen-bond donors (Lipinski definition) is 0. The number of pyridine rings is 2. The Morgan fingerprint density at radius 3 is 2.24 bits per heavy atom. The average molecular weight is 382 g/mol. The second-order valence-corrected chi connectivity index (χ2v) is 6.22. The Balaban J connectivity index is 1.90. The third-order valence-corrected chi connectivity index (χ3v) is 4.17. The summed E-state index contributed by atoms with van der Waals surface area (Å²) in [5.41, 5.74) is 4.47. The summed E-state index contributed by atoms with van der Waals surface area (Å²) in [6.07, 6.45) is 3.72. The Morgan fingerprint density at radius 1 is 0.714 bits per heavy atom. The molecule has 0 bridgehead atoms. The highest BCUT2D eigenvalue weighted by atomic mass is 127. The van der Waals surface area contributed by atoms with Gasteiger partial charge in [-0.2, -0.15) is 0 Å². The molecule has 0 N–H and O–H groups in total. The summed E-state index contributed by atoms with van der Waals surface area (Å²) in [5.74, 6) is 0. The van der Waals surface area contributed by atoms with Gasteiger partial charge in [0, 0.05) is 26.7 Å². The molecule has 0 amide bonds. The number of halogens is 1. The summed E-state index contributed by atoms with van der Waals surface area (Å²) in [7, 11) is 0. The molecule has 0 spiro atoms. The van der Waals surface area contributed by atoms with Gasteiger partial charge < -0.3 is 0 Å². The molecule has 0 atom stereocenters. The van der Waals surface area contributed by atoms with Gasteiger partial charge in [0.1, 0.15) is 0 Å². The summed E-state index contributed by atoms with van der Waals surface area (Å²) >= 11 is 2.30. The fraction of sp³-hybridized carbons (Fsp3) is 0. The fourth-order valence-corrected chi connectivity index (χ4v) is 3.01. The topological polar surface area (TPSA) is 25.8 Å². The van der Waals surface area contributed by atoms with Crippen LogP contribution in [-0.4, -0.2) is 9.97 Å². The molecule has 0 unspecified atom stereocenters. The van der Waals surface area contributed by atoms with Gasteiger partial charge in [0.25, 0.3) is 0 Å². The van der Waals surface area contributed by atoms with E-state index in [0.29, 0.717) is 0 Å². The number of aromatic nitrogens is 2. The first-order valence-electron chi connectivity index (χ1n) is 6.70. The largest absolute Gasteiger partial charge is 0.256 e. The second kappa shape index (κ2) is 5.07. The molecule has 0 aliphatic rings. The number of nitrogens with zero attached hydrogens (tertiary/aromatic N) is 2. The monoisotopic (exact) mass is 382 g/mol. The van der Waals surface area contributed by atoms with E-state index in [2.05, 4.69) is 81.1 Å². The number of rotatable bonds is 1. The van der Waals surface area contributed by atoms with Crippen LogP contribution in [0.15, 0.2) is 67.0 Å². The third kappa shape index (κ3) is 2.38. The van der Waals surface area contributed by atoms with E-state index >= 15 is 0 Å². The van der Waals surface area contributed by atoms with Crippen molar-refractivity contribution in [3.8, 4) is 11.1 Å². The summed E-state index contributed by atoms with van der Waals surface area (Å²) < 4.78 is 1.15. The predicted octanol–water partition coefficient (Wildman–Crippen LogP) is 5.05. The molecule has 0 saturated carbocycles. The Kier molecular flexibility index (Phi) is 3.07. The minimum absolute atomic E-state index is 1.03. The molecule has 2 aromatic heterocycles. The molecule has 0 saturated heterocycles. The van der Waals surface area contributed by atoms with Crippen molar-refractivity contribution >= 4 is 44.4 Å². The highest BCUT2D eigenvalue weighted by Crippen LogP contribution is 2.26. The van der Waals surface area contributed by atoms with E-state index < -0.39 is 0 Å². The molecule has 3 heteroatoms. The van der Waals surface area contributed by atoms with Crippen molar-refractivity contribution in [3.05, 3.63) is 70.6 Å². The van der Waals surface area contributed by atoms with Crippen molar-refractivity contribution in [2.75, 3.05) is 0 Å². The number of benzene rings is 2. The van der Waals surface area contributed by atoms with Crippen LogP contribution in [0.25, 0.3) is 32.9 Å². The van der Waals surface area contributed by atoms with Crippen LogP contribution in [0.5, 0.6) is 0 Å². The lowest BCUT2D eigenvalue weighted by Gasteiger charge is -2.06. The van der Waals surface area contributed by atoms with E-state index in [1.165, 1.54) is 16.5 Å². The molecule has 2 heterocycles. The zero-order chi connectivity index (χ0) is 14.2. The van der Waals surface area contributed by atoms with Crippen LogP contribution in [0, 0.1) is 3.57 Å². The molecular formula is C18H11IN2. The van der Waals surface area contributed by atoms with E-state index in [1.54, 1.807) is 0 Å². The highest BCUT2D eigenvalue weighted by molar-refractivity contribution is 14.1. The van der Waals surface area contributed by atoms with Crippen molar-refractivity contribution in [2.45, 2.75) is 0 Å². The second-order valence-electron chi connectivity index (χ2n) is 4.97. The van der Waals surface area contributed by atoms with E-state index in [-0.39, 0.29) is 0 Å². The van der Waals surface area contributed by atoms with Crippen molar-refractivity contribution in [2.24, 2.45) is 0 Å². The van der Waals surface area contributed by atoms with Gasteiger partial charge in [0.2, 0.25) is 0 Å². The minimum Gasteiger partial charge on any atom is -0.256 e. The molecule has 2 aromatic carbocycles. The van der Waals surface area contributed by atoms with Crippen molar-refractivity contribution in [1.82, 2.24) is 9.97 Å². The van der Waals surface area contributed by atoms with E-state index in [0.717, 1.165) is 20.0 Å². The van der Waals surface area contributed by atoms with Gasteiger partial charge in [0.15, 0.2) is 0 Å². The average Bonchev–Trinajstić information content (AvgIpc) is 2.53. The van der Waals surface area contributed by atoms with Gasteiger partial charge >= 0.3 is 0 Å². The summed E-state index contributed by atoms with van der Waals surface area (Å²) in [4.78, 5) is 8.81. The van der Waals surface area contributed by atoms with E-state index in [1.807, 2.05) is 18.5 Å². The zero-order valence-electron chi connectivity index (χ0n) is 11.1. The minimum atomic E-state index is 1.03. The first kappa shape index (κ1) is 12.7. The third-order valence-electron chi connectivity index (χ3n) is 3.58. The molecule has 0 fully saturated rings. The summed E-state index contributed by atoms with van der Waals surface area (Å²) in [5, 5.41) is 2.33. The van der Waals surface area contributed by atoms with Gasteiger partial charge in [0.05, 0.1) is 11.0 Å². The molecule has 2 nitrogen and oxygen atoms in total. The Labute approximate surface area is 136 Å². The molecule has 100 valence electrons. The lowest BCUT2D eigenvalue weighted by atomic mass is 10.0. The summed E-state index contributed by atoms with van der Waals surface area (Å²) in [6.45, 7) is 0. The van der Waals surface area contributed by atoms with Gasteiger partial charge in [-0.15, -0.1) is 0 Å². The fourth-order valence-electron chi connectivity index (χ4n) is 2.54. The standard InChI is InChI=1S/C18H11IN2/c19-16-10-15-9-13(4-6-18(15)21-11-16)12-3-5-17-14(8-12)2-1-7-20-17/h1-11H. The Bertz CT molecular complexity index is 963. The zero-order valence-corrected chi connectivity index (χ0v) is 13.3. The van der Waals surface area contributed by atoms with Crippen LogP contribution >= 0.6 is 22.6 Å². The molecule has 4 rings (SSSR count). The lowest BCUT2D eigenvalue weighted by molar-refractivity contribution is 1.39. The van der Waals surface area contributed by atoms with Crippen molar-refractivity contribution < 1.29 is 0 Å². The van der Waals surface area contributed by atoms with E-state index in [9.17, 15) is 0 Å². The van der Waals surface area contributed by atoms with Crippen LogP contribution in [0.3, 0.4) is 0 Å².